The second-order valence-electron chi connectivity index (χ2n) is 5.05. The molecule has 0 bridgehead atoms. The van der Waals surface area contributed by atoms with E-state index < -0.39 is 34.5 Å². The summed E-state index contributed by atoms with van der Waals surface area (Å²) in [5, 5.41) is 11.8. The van der Waals surface area contributed by atoms with Crippen LogP contribution >= 0.6 is 11.6 Å². The largest absolute Gasteiger partial charge is 0.480 e. The summed E-state index contributed by atoms with van der Waals surface area (Å²) >= 11 is 5.68. The second-order valence-corrected chi connectivity index (χ2v) is 7.25. The topological polar surface area (TPSA) is 113 Å². The van der Waals surface area contributed by atoms with Gasteiger partial charge in [-0.25, -0.2) is 17.9 Å². The highest BCUT2D eigenvalue weighted by Crippen LogP contribution is 2.13. The lowest BCUT2D eigenvalue weighted by molar-refractivity contribution is -0.143. The Morgan fingerprint density at radius 2 is 1.83 bits per heavy atom. The third kappa shape index (κ3) is 5.81. The first-order chi connectivity index (χ1) is 10.7. The van der Waals surface area contributed by atoms with Crippen molar-refractivity contribution in [3.63, 3.8) is 0 Å². The van der Waals surface area contributed by atoms with Gasteiger partial charge in [-0.05, 0) is 30.2 Å². The van der Waals surface area contributed by atoms with E-state index in [1.807, 2.05) is 0 Å². The van der Waals surface area contributed by atoms with Crippen molar-refractivity contribution in [2.75, 3.05) is 6.54 Å². The Labute approximate surface area is 140 Å². The van der Waals surface area contributed by atoms with Crippen LogP contribution in [-0.2, 0) is 19.6 Å². The molecule has 23 heavy (non-hydrogen) atoms. The van der Waals surface area contributed by atoms with E-state index >= 15 is 0 Å². The number of carboxylic acid groups (broad SMARTS) is 1. The van der Waals surface area contributed by atoms with Gasteiger partial charge >= 0.3 is 5.97 Å². The summed E-state index contributed by atoms with van der Waals surface area (Å²) < 4.78 is 26.1. The number of benzene rings is 1. The molecule has 0 fully saturated rings. The number of amides is 1. The van der Waals surface area contributed by atoms with Gasteiger partial charge in [-0.3, -0.25) is 4.79 Å². The zero-order valence-corrected chi connectivity index (χ0v) is 14.3. The molecular formula is C14H19ClN2O5S. The number of sulfonamides is 1. The minimum absolute atomic E-state index is 0.0357. The molecule has 1 amide bonds. The van der Waals surface area contributed by atoms with E-state index in [4.69, 9.17) is 16.7 Å². The zero-order chi connectivity index (χ0) is 17.6. The zero-order valence-electron chi connectivity index (χ0n) is 12.7. The van der Waals surface area contributed by atoms with Gasteiger partial charge < -0.3 is 10.4 Å². The van der Waals surface area contributed by atoms with Gasteiger partial charge in [0.1, 0.15) is 6.04 Å². The molecule has 1 aromatic carbocycles. The lowest BCUT2D eigenvalue weighted by atomic mass is 9.99. The second kappa shape index (κ2) is 8.28. The predicted octanol–water partition coefficient (Wildman–Crippen LogP) is 1.23. The lowest BCUT2D eigenvalue weighted by Crippen LogP contribution is -2.48. The predicted molar refractivity (Wildman–Crippen MR) is 85.7 cm³/mol. The highest BCUT2D eigenvalue weighted by atomic mass is 35.5. The first-order valence-electron chi connectivity index (χ1n) is 6.94. The van der Waals surface area contributed by atoms with E-state index in [0.29, 0.717) is 11.4 Å². The number of rotatable bonds is 8. The Morgan fingerprint density at radius 1 is 1.26 bits per heavy atom. The van der Waals surface area contributed by atoms with Gasteiger partial charge in [0.2, 0.25) is 15.9 Å². The summed E-state index contributed by atoms with van der Waals surface area (Å²) in [6, 6.07) is 4.38. The fourth-order valence-electron chi connectivity index (χ4n) is 1.77. The molecule has 0 spiro atoms. The first kappa shape index (κ1) is 19.4. The minimum Gasteiger partial charge on any atom is -0.480 e. The van der Waals surface area contributed by atoms with Crippen molar-refractivity contribution in [2.24, 2.45) is 5.92 Å². The monoisotopic (exact) mass is 362 g/mol. The molecule has 0 heterocycles. The quantitative estimate of drug-likeness (QED) is 0.644. The number of hydrogen-bond donors (Lipinski definition) is 3. The Balaban J connectivity index is 2.67. The highest BCUT2D eigenvalue weighted by Gasteiger charge is 2.25. The molecule has 0 radical (unpaired) electrons. The average molecular weight is 363 g/mol. The molecule has 9 heteroatoms. The number of nitrogens with one attached hydrogen (secondary N) is 2. The molecule has 0 saturated heterocycles. The van der Waals surface area contributed by atoms with Gasteiger partial charge in [-0.15, -0.1) is 0 Å². The summed E-state index contributed by atoms with van der Waals surface area (Å²) in [6.07, 6.45) is 0.563. The highest BCUT2D eigenvalue weighted by molar-refractivity contribution is 7.89. The van der Waals surface area contributed by atoms with Gasteiger partial charge in [0.25, 0.3) is 0 Å². The summed E-state index contributed by atoms with van der Waals surface area (Å²) in [5.41, 5.74) is 0. The smallest absolute Gasteiger partial charge is 0.326 e. The summed E-state index contributed by atoms with van der Waals surface area (Å²) in [6.45, 7) is 2.94. The van der Waals surface area contributed by atoms with Crippen LogP contribution in [0, 0.1) is 5.92 Å². The van der Waals surface area contributed by atoms with Crippen LogP contribution in [0.3, 0.4) is 0 Å². The number of carbonyl (C=O) groups is 2. The van der Waals surface area contributed by atoms with E-state index in [-0.39, 0.29) is 10.8 Å². The summed E-state index contributed by atoms with van der Waals surface area (Å²) in [4.78, 5) is 22.9. The molecule has 0 unspecified atom stereocenters. The summed E-state index contributed by atoms with van der Waals surface area (Å²) in [7, 11) is -3.87. The number of carboxylic acids is 1. The maximum absolute atomic E-state index is 12.0. The maximum Gasteiger partial charge on any atom is 0.326 e. The van der Waals surface area contributed by atoms with Crippen LogP contribution in [0.5, 0.6) is 0 Å². The van der Waals surface area contributed by atoms with E-state index in [9.17, 15) is 18.0 Å². The molecule has 7 nitrogen and oxygen atoms in total. The van der Waals surface area contributed by atoms with Crippen LogP contribution in [0.2, 0.25) is 5.02 Å². The first-order valence-corrected chi connectivity index (χ1v) is 8.81. The van der Waals surface area contributed by atoms with Crippen LogP contribution in [0.25, 0.3) is 0 Å². The lowest BCUT2D eigenvalue weighted by Gasteiger charge is -2.20. The van der Waals surface area contributed by atoms with Crippen LogP contribution in [0.1, 0.15) is 20.3 Å². The van der Waals surface area contributed by atoms with Crippen molar-refractivity contribution < 1.29 is 23.1 Å². The molecule has 0 aliphatic heterocycles. The van der Waals surface area contributed by atoms with Crippen LogP contribution in [0.15, 0.2) is 29.2 Å². The SMILES string of the molecule is CC[C@@H](C)[C@H](NC(=O)CNS(=O)(=O)c1ccc(Cl)cc1)C(=O)O. The molecule has 1 rings (SSSR count). The van der Waals surface area contributed by atoms with Gasteiger partial charge in [0.05, 0.1) is 11.4 Å². The van der Waals surface area contributed by atoms with Crippen molar-refractivity contribution in [2.45, 2.75) is 31.2 Å². The van der Waals surface area contributed by atoms with E-state index in [2.05, 4.69) is 10.0 Å². The molecular weight excluding hydrogens is 344 g/mol. The van der Waals surface area contributed by atoms with Crippen molar-refractivity contribution in [1.29, 1.82) is 0 Å². The fraction of sp³-hybridized carbons (Fsp3) is 0.429. The molecule has 0 aromatic heterocycles. The van der Waals surface area contributed by atoms with Crippen molar-refractivity contribution in [3.8, 4) is 0 Å². The van der Waals surface area contributed by atoms with Gasteiger partial charge in [0, 0.05) is 5.02 Å². The number of halogens is 1. The Hall–Kier alpha value is -1.64. The molecule has 0 aliphatic rings. The van der Waals surface area contributed by atoms with Crippen molar-refractivity contribution in [1.82, 2.24) is 10.0 Å². The third-order valence-corrected chi connectivity index (χ3v) is 5.01. The Kier molecular flexibility index (Phi) is 6.99. The normalized spacial score (nSPS) is 14.0. The summed E-state index contributed by atoms with van der Waals surface area (Å²) in [5.74, 6) is -2.15. The van der Waals surface area contributed by atoms with E-state index in [1.165, 1.54) is 24.3 Å². The molecule has 3 N–H and O–H groups in total. The van der Waals surface area contributed by atoms with Crippen molar-refractivity contribution >= 4 is 33.5 Å². The third-order valence-electron chi connectivity index (χ3n) is 3.34. The van der Waals surface area contributed by atoms with Crippen LogP contribution in [0.4, 0.5) is 0 Å². The van der Waals surface area contributed by atoms with Crippen LogP contribution < -0.4 is 10.0 Å². The average Bonchev–Trinajstić information content (AvgIpc) is 2.50. The Morgan fingerprint density at radius 3 is 2.30 bits per heavy atom. The van der Waals surface area contributed by atoms with Crippen molar-refractivity contribution in [3.05, 3.63) is 29.3 Å². The molecule has 128 valence electrons. The molecule has 0 aliphatic carbocycles. The minimum atomic E-state index is -3.87. The molecule has 2 atom stereocenters. The standard InChI is InChI=1S/C14H19ClN2O5S/c1-3-9(2)13(14(19)20)17-12(18)8-16-23(21,22)11-6-4-10(15)5-7-11/h4-7,9,13,16H,3,8H2,1-2H3,(H,17,18)(H,19,20)/t9-,13+/m1/s1. The number of hydrogen-bond acceptors (Lipinski definition) is 4. The van der Waals surface area contributed by atoms with Crippen LogP contribution in [-0.4, -0.2) is 38.0 Å². The maximum atomic E-state index is 12.0. The number of aliphatic carboxylic acids is 1. The van der Waals surface area contributed by atoms with Gasteiger partial charge in [0.15, 0.2) is 0 Å². The fourth-order valence-corrected chi connectivity index (χ4v) is 2.87. The number of carbonyl (C=O) groups excluding carboxylic acids is 1. The van der Waals surface area contributed by atoms with Gasteiger partial charge in [-0.2, -0.15) is 0 Å². The van der Waals surface area contributed by atoms with E-state index in [0.717, 1.165) is 0 Å². The molecule has 1 aromatic rings. The molecule has 0 saturated carbocycles. The Bertz CT molecular complexity index is 660. The van der Waals surface area contributed by atoms with E-state index in [1.54, 1.807) is 13.8 Å². The van der Waals surface area contributed by atoms with Gasteiger partial charge in [-0.1, -0.05) is 31.9 Å².